The van der Waals surface area contributed by atoms with E-state index in [1.165, 1.54) is 4.90 Å². The zero-order valence-corrected chi connectivity index (χ0v) is 14.8. The van der Waals surface area contributed by atoms with E-state index in [2.05, 4.69) is 10.3 Å². The molecule has 126 valence electrons. The van der Waals surface area contributed by atoms with Crippen molar-refractivity contribution >= 4 is 34.9 Å². The summed E-state index contributed by atoms with van der Waals surface area (Å²) in [6.45, 7) is 0. The van der Waals surface area contributed by atoms with Crippen LogP contribution in [0.1, 0.15) is 20.7 Å². The van der Waals surface area contributed by atoms with E-state index in [0.29, 0.717) is 27.7 Å². The van der Waals surface area contributed by atoms with Gasteiger partial charge in [-0.3, -0.25) is 9.59 Å². The Morgan fingerprint density at radius 1 is 1.08 bits per heavy atom. The molecule has 0 fully saturated rings. The van der Waals surface area contributed by atoms with Gasteiger partial charge in [0.05, 0.1) is 16.1 Å². The van der Waals surface area contributed by atoms with Crippen LogP contribution in [0.15, 0.2) is 36.5 Å². The second-order valence-electron chi connectivity index (χ2n) is 5.62. The first-order chi connectivity index (χ1) is 11.3. The largest absolute Gasteiger partial charge is 0.362 e. The van der Waals surface area contributed by atoms with Crippen molar-refractivity contribution in [3.63, 3.8) is 0 Å². The molecule has 0 aliphatic rings. The Morgan fingerprint density at radius 3 is 2.42 bits per heavy atom. The highest BCUT2D eigenvalue weighted by atomic mass is 35.5. The van der Waals surface area contributed by atoms with Gasteiger partial charge in [-0.15, -0.1) is 0 Å². The molecule has 2 amide bonds. The van der Waals surface area contributed by atoms with Crippen LogP contribution in [0, 0.1) is 0 Å². The van der Waals surface area contributed by atoms with Gasteiger partial charge < -0.3 is 15.1 Å². The molecule has 0 saturated heterocycles. The maximum atomic E-state index is 12.5. The average molecular weight is 347 g/mol. The van der Waals surface area contributed by atoms with Crippen molar-refractivity contribution in [2.24, 2.45) is 0 Å². The number of hydrogen-bond donors (Lipinski definition) is 1. The first-order valence-corrected chi connectivity index (χ1v) is 7.64. The van der Waals surface area contributed by atoms with Gasteiger partial charge in [0.15, 0.2) is 0 Å². The molecule has 7 heteroatoms. The monoisotopic (exact) mass is 346 g/mol. The Balaban J connectivity index is 2.31. The lowest BCUT2D eigenvalue weighted by atomic mass is 10.1. The Kier molecular flexibility index (Phi) is 5.41. The van der Waals surface area contributed by atoms with Crippen LogP contribution < -0.4 is 10.2 Å². The minimum atomic E-state index is -0.308. The molecule has 0 aliphatic carbocycles. The molecule has 1 aromatic heterocycles. The molecule has 1 N–H and O–H groups in total. The summed E-state index contributed by atoms with van der Waals surface area (Å²) in [4.78, 5) is 32.1. The highest BCUT2D eigenvalue weighted by Gasteiger charge is 2.17. The van der Waals surface area contributed by atoms with E-state index >= 15 is 0 Å². The SMILES string of the molecule is CN(C)C(=O)c1cc(NC(=O)c2cccnc2N(C)C)ccc1Cl. The van der Waals surface area contributed by atoms with Gasteiger partial charge >= 0.3 is 0 Å². The third-order valence-corrected chi connectivity index (χ3v) is 3.65. The van der Waals surface area contributed by atoms with Crippen LogP contribution >= 0.6 is 11.6 Å². The maximum absolute atomic E-state index is 12.5. The Hall–Kier alpha value is -2.60. The molecule has 0 unspecified atom stereocenters. The summed E-state index contributed by atoms with van der Waals surface area (Å²) in [6, 6.07) is 8.20. The van der Waals surface area contributed by atoms with Crippen LogP contribution in [0.3, 0.4) is 0 Å². The minimum absolute atomic E-state index is 0.230. The van der Waals surface area contributed by atoms with E-state index < -0.39 is 0 Å². The Morgan fingerprint density at radius 2 is 1.79 bits per heavy atom. The lowest BCUT2D eigenvalue weighted by Crippen LogP contribution is -2.23. The number of aromatic nitrogens is 1. The van der Waals surface area contributed by atoms with E-state index in [-0.39, 0.29) is 11.8 Å². The van der Waals surface area contributed by atoms with Crippen LogP contribution in [0.2, 0.25) is 5.02 Å². The first kappa shape index (κ1) is 17.7. The minimum Gasteiger partial charge on any atom is -0.362 e. The molecule has 2 rings (SSSR count). The van der Waals surface area contributed by atoms with Crippen molar-refractivity contribution < 1.29 is 9.59 Å². The second kappa shape index (κ2) is 7.31. The first-order valence-electron chi connectivity index (χ1n) is 7.26. The van der Waals surface area contributed by atoms with E-state index in [1.54, 1.807) is 55.5 Å². The lowest BCUT2D eigenvalue weighted by Gasteiger charge is -2.16. The van der Waals surface area contributed by atoms with Crippen LogP contribution in [0.5, 0.6) is 0 Å². The summed E-state index contributed by atoms with van der Waals surface area (Å²) in [5.74, 6) is 0.0254. The number of nitrogens with one attached hydrogen (secondary N) is 1. The smallest absolute Gasteiger partial charge is 0.259 e. The summed E-state index contributed by atoms with van der Waals surface area (Å²) >= 11 is 6.08. The topological polar surface area (TPSA) is 65.5 Å². The predicted octanol–water partition coefficient (Wildman–Crippen LogP) is 2.76. The normalized spacial score (nSPS) is 10.2. The van der Waals surface area contributed by atoms with Crippen LogP contribution in [0.4, 0.5) is 11.5 Å². The Bertz CT molecular complexity index is 775. The number of rotatable bonds is 4. The Labute approximate surface area is 146 Å². The fraction of sp³-hybridized carbons (Fsp3) is 0.235. The molecule has 0 aliphatic heterocycles. The standard InChI is InChI=1S/C17H19ClN4O2/c1-21(2)15-12(6-5-9-19-15)16(23)20-11-7-8-14(18)13(10-11)17(24)22(3)4/h5-10H,1-4H3,(H,20,23). The van der Waals surface area contributed by atoms with Gasteiger partial charge in [0.1, 0.15) is 5.82 Å². The highest BCUT2D eigenvalue weighted by Crippen LogP contribution is 2.23. The van der Waals surface area contributed by atoms with E-state index in [9.17, 15) is 9.59 Å². The predicted molar refractivity (Wildman–Crippen MR) is 96.0 cm³/mol. The number of benzene rings is 1. The van der Waals surface area contributed by atoms with Crippen molar-refractivity contribution in [3.8, 4) is 0 Å². The van der Waals surface area contributed by atoms with E-state index in [4.69, 9.17) is 11.6 Å². The summed E-state index contributed by atoms with van der Waals surface area (Å²) in [5, 5.41) is 3.12. The third-order valence-electron chi connectivity index (χ3n) is 3.32. The number of pyridine rings is 1. The number of carbonyl (C=O) groups is 2. The van der Waals surface area contributed by atoms with Gasteiger partial charge in [0, 0.05) is 40.1 Å². The van der Waals surface area contributed by atoms with Crippen molar-refractivity contribution in [2.45, 2.75) is 0 Å². The summed E-state index contributed by atoms with van der Waals surface area (Å²) in [5.41, 5.74) is 1.26. The molecule has 24 heavy (non-hydrogen) atoms. The molecule has 0 saturated carbocycles. The zero-order chi connectivity index (χ0) is 17.9. The average Bonchev–Trinajstić information content (AvgIpc) is 2.55. The van der Waals surface area contributed by atoms with Crippen LogP contribution in [-0.2, 0) is 0 Å². The molecule has 2 aromatic rings. The quantitative estimate of drug-likeness (QED) is 0.924. The fourth-order valence-electron chi connectivity index (χ4n) is 2.14. The van der Waals surface area contributed by atoms with E-state index in [0.717, 1.165) is 0 Å². The molecular weight excluding hydrogens is 328 g/mol. The molecule has 0 bridgehead atoms. The zero-order valence-electron chi connectivity index (χ0n) is 14.0. The number of amides is 2. The molecule has 6 nitrogen and oxygen atoms in total. The number of hydrogen-bond acceptors (Lipinski definition) is 4. The second-order valence-corrected chi connectivity index (χ2v) is 6.02. The third kappa shape index (κ3) is 3.83. The van der Waals surface area contributed by atoms with Gasteiger partial charge in [0.2, 0.25) is 0 Å². The molecule has 0 spiro atoms. The number of halogens is 1. The summed E-state index contributed by atoms with van der Waals surface area (Å²) < 4.78 is 0. The molecule has 1 aromatic carbocycles. The summed E-state index contributed by atoms with van der Waals surface area (Å²) in [6.07, 6.45) is 1.63. The van der Waals surface area contributed by atoms with Gasteiger partial charge in [-0.25, -0.2) is 4.98 Å². The van der Waals surface area contributed by atoms with Crippen LogP contribution in [-0.4, -0.2) is 49.9 Å². The molecular formula is C17H19ClN4O2. The molecule has 0 atom stereocenters. The number of anilines is 2. The van der Waals surface area contributed by atoms with Crippen LogP contribution in [0.25, 0.3) is 0 Å². The van der Waals surface area contributed by atoms with Crippen molar-refractivity contribution in [2.75, 3.05) is 38.4 Å². The number of carbonyl (C=O) groups excluding carboxylic acids is 2. The van der Waals surface area contributed by atoms with Gasteiger partial charge in [-0.1, -0.05) is 11.6 Å². The van der Waals surface area contributed by atoms with Crippen molar-refractivity contribution in [1.29, 1.82) is 0 Å². The fourth-order valence-corrected chi connectivity index (χ4v) is 2.34. The highest BCUT2D eigenvalue weighted by molar-refractivity contribution is 6.34. The molecule has 1 heterocycles. The van der Waals surface area contributed by atoms with Crippen molar-refractivity contribution in [3.05, 3.63) is 52.7 Å². The maximum Gasteiger partial charge on any atom is 0.259 e. The number of nitrogens with zero attached hydrogens (tertiary/aromatic N) is 3. The van der Waals surface area contributed by atoms with Gasteiger partial charge in [-0.05, 0) is 30.3 Å². The van der Waals surface area contributed by atoms with Gasteiger partial charge in [0.25, 0.3) is 11.8 Å². The van der Waals surface area contributed by atoms with Gasteiger partial charge in [-0.2, -0.15) is 0 Å². The van der Waals surface area contributed by atoms with Crippen molar-refractivity contribution in [1.82, 2.24) is 9.88 Å². The molecule has 0 radical (unpaired) electrons. The lowest BCUT2D eigenvalue weighted by molar-refractivity contribution is 0.0827. The van der Waals surface area contributed by atoms with E-state index in [1.807, 2.05) is 14.1 Å². The summed E-state index contributed by atoms with van der Waals surface area (Å²) in [7, 11) is 6.91.